The topological polar surface area (TPSA) is 82.5 Å². The molecule has 0 aromatic heterocycles. The number of hydrogen-bond donors (Lipinski definition) is 1. The maximum absolute atomic E-state index is 13.6. The molecule has 0 saturated carbocycles. The van der Waals surface area contributed by atoms with Crippen LogP contribution in [0, 0.1) is 11.3 Å². The highest BCUT2D eigenvalue weighted by Gasteiger charge is 2.41. The van der Waals surface area contributed by atoms with Crippen molar-refractivity contribution in [3.05, 3.63) is 91.7 Å². The first kappa shape index (κ1) is 19.6. The van der Waals surface area contributed by atoms with Gasteiger partial charge in [-0.15, -0.1) is 0 Å². The largest absolute Gasteiger partial charge is 0.383 e. The SMILES string of the molecule is CC1=NN2C(N)=C(C#N)C(c3ccc(Cl)cc3)C(C(=O)c3ccc(Cl)cc3)=C2S1. The lowest BCUT2D eigenvalue weighted by Crippen LogP contribution is -2.31. The van der Waals surface area contributed by atoms with E-state index >= 15 is 0 Å². The lowest BCUT2D eigenvalue weighted by Gasteiger charge is -2.31. The quantitative estimate of drug-likeness (QED) is 0.657. The van der Waals surface area contributed by atoms with Crippen molar-refractivity contribution >= 4 is 45.8 Å². The van der Waals surface area contributed by atoms with Crippen LogP contribution in [0.25, 0.3) is 0 Å². The fourth-order valence-electron chi connectivity index (χ4n) is 3.35. The summed E-state index contributed by atoms with van der Waals surface area (Å²) in [4.78, 5) is 13.6. The number of fused-ring (bicyclic) bond motifs is 1. The molecule has 0 amide bonds. The van der Waals surface area contributed by atoms with Gasteiger partial charge < -0.3 is 5.73 Å². The van der Waals surface area contributed by atoms with E-state index in [1.165, 1.54) is 16.8 Å². The van der Waals surface area contributed by atoms with E-state index < -0.39 is 5.92 Å². The molecule has 29 heavy (non-hydrogen) atoms. The van der Waals surface area contributed by atoms with Gasteiger partial charge in [0.2, 0.25) is 0 Å². The molecule has 2 aromatic rings. The summed E-state index contributed by atoms with van der Waals surface area (Å²) in [6, 6.07) is 15.9. The van der Waals surface area contributed by atoms with Gasteiger partial charge in [-0.25, -0.2) is 5.01 Å². The third kappa shape index (κ3) is 3.42. The molecule has 2 N–H and O–H groups in total. The summed E-state index contributed by atoms with van der Waals surface area (Å²) in [5.74, 6) is -0.612. The van der Waals surface area contributed by atoms with Gasteiger partial charge in [-0.1, -0.05) is 47.1 Å². The molecule has 0 spiro atoms. The molecule has 0 aliphatic carbocycles. The van der Waals surface area contributed by atoms with Gasteiger partial charge >= 0.3 is 0 Å². The molecule has 2 aromatic carbocycles. The molecule has 5 nitrogen and oxygen atoms in total. The number of hydrogen-bond acceptors (Lipinski definition) is 6. The first-order valence-electron chi connectivity index (χ1n) is 8.63. The molecule has 0 fully saturated rings. The van der Waals surface area contributed by atoms with Crippen molar-refractivity contribution in [2.45, 2.75) is 12.8 Å². The second-order valence-corrected chi connectivity index (χ2v) is 8.54. The number of Topliss-reactive ketones (excluding diaryl/α,β-unsaturated/α-hetero) is 1. The lowest BCUT2D eigenvalue weighted by atomic mass is 9.80. The van der Waals surface area contributed by atoms with Crippen molar-refractivity contribution in [3.8, 4) is 6.07 Å². The number of rotatable bonds is 3. The number of halogens is 2. The van der Waals surface area contributed by atoms with Crippen molar-refractivity contribution in [3.63, 3.8) is 0 Å². The van der Waals surface area contributed by atoms with Gasteiger partial charge in [-0.2, -0.15) is 10.4 Å². The molecule has 2 aliphatic heterocycles. The number of hydrazone groups is 1. The zero-order chi connectivity index (χ0) is 20.7. The summed E-state index contributed by atoms with van der Waals surface area (Å²) in [7, 11) is 0. The Morgan fingerprint density at radius 1 is 1.14 bits per heavy atom. The fourth-order valence-corrected chi connectivity index (χ4v) is 4.55. The Morgan fingerprint density at radius 2 is 1.72 bits per heavy atom. The summed E-state index contributed by atoms with van der Waals surface area (Å²) in [6.45, 7) is 1.83. The number of ketones is 1. The van der Waals surface area contributed by atoms with Gasteiger partial charge in [0, 0.05) is 21.2 Å². The van der Waals surface area contributed by atoms with Gasteiger partial charge in [-0.05, 0) is 48.9 Å². The van der Waals surface area contributed by atoms with E-state index in [1.807, 2.05) is 6.92 Å². The number of carbonyl (C=O) groups is 1. The Balaban J connectivity index is 1.94. The first-order valence-corrected chi connectivity index (χ1v) is 10.2. The number of allylic oxidation sites excluding steroid dienone is 2. The average molecular weight is 441 g/mol. The molecular formula is C21H14Cl2N4OS. The second kappa shape index (κ2) is 7.60. The maximum atomic E-state index is 13.6. The monoisotopic (exact) mass is 440 g/mol. The van der Waals surface area contributed by atoms with Crippen LogP contribution in [-0.4, -0.2) is 15.8 Å². The van der Waals surface area contributed by atoms with E-state index in [1.54, 1.807) is 48.5 Å². The number of nitrogens with zero attached hydrogens (tertiary/aromatic N) is 3. The van der Waals surface area contributed by atoms with Gasteiger partial charge in [0.1, 0.15) is 10.9 Å². The molecule has 1 atom stereocenters. The molecule has 4 rings (SSSR count). The molecular weight excluding hydrogens is 427 g/mol. The van der Waals surface area contributed by atoms with Crippen molar-refractivity contribution in [1.82, 2.24) is 5.01 Å². The van der Waals surface area contributed by atoms with Crippen molar-refractivity contribution in [1.29, 1.82) is 5.26 Å². The van der Waals surface area contributed by atoms with Gasteiger partial charge in [-0.3, -0.25) is 4.79 Å². The summed E-state index contributed by atoms with van der Waals surface area (Å²) in [6.07, 6.45) is 0. The molecule has 0 bridgehead atoms. The predicted molar refractivity (Wildman–Crippen MR) is 116 cm³/mol. The number of carbonyl (C=O) groups excluding carboxylic acids is 1. The van der Waals surface area contributed by atoms with Gasteiger partial charge in [0.25, 0.3) is 0 Å². The van der Waals surface area contributed by atoms with Crippen molar-refractivity contribution < 1.29 is 4.79 Å². The van der Waals surface area contributed by atoms with Crippen molar-refractivity contribution in [2.75, 3.05) is 0 Å². The standard InChI is InChI=1S/C21H14Cl2N4OS/c1-11-26-27-20(25)16(10-24)17(12-2-6-14(22)7-3-12)18(21(27)29-11)19(28)13-4-8-15(23)9-5-13/h2-9,17H,25H2,1H3. The molecule has 2 aliphatic rings. The average Bonchev–Trinajstić information content (AvgIpc) is 3.10. The maximum Gasteiger partial charge on any atom is 0.192 e. The van der Waals surface area contributed by atoms with Crippen LogP contribution in [0.5, 0.6) is 0 Å². The van der Waals surface area contributed by atoms with Crippen LogP contribution < -0.4 is 5.73 Å². The fraction of sp³-hybridized carbons (Fsp3) is 0.0952. The van der Waals surface area contributed by atoms with E-state index in [0.29, 0.717) is 26.2 Å². The van der Waals surface area contributed by atoms with Crippen LogP contribution in [0.3, 0.4) is 0 Å². The first-order chi connectivity index (χ1) is 13.9. The van der Waals surface area contributed by atoms with Crippen LogP contribution >= 0.6 is 35.0 Å². The van der Waals surface area contributed by atoms with Crippen LogP contribution in [0.15, 0.2) is 75.6 Å². The minimum atomic E-state index is -0.625. The van der Waals surface area contributed by atoms with E-state index in [4.69, 9.17) is 28.9 Å². The van der Waals surface area contributed by atoms with E-state index in [0.717, 1.165) is 10.6 Å². The van der Waals surface area contributed by atoms with Crippen LogP contribution in [-0.2, 0) is 0 Å². The number of nitrogens with two attached hydrogens (primary N) is 1. The van der Waals surface area contributed by atoms with Crippen LogP contribution in [0.1, 0.15) is 28.8 Å². The molecule has 2 heterocycles. The van der Waals surface area contributed by atoms with Crippen LogP contribution in [0.2, 0.25) is 10.0 Å². The van der Waals surface area contributed by atoms with Crippen molar-refractivity contribution in [2.24, 2.45) is 10.8 Å². The van der Waals surface area contributed by atoms with E-state index in [2.05, 4.69) is 11.2 Å². The highest BCUT2D eigenvalue weighted by Crippen LogP contribution is 2.48. The Hall–Kier alpha value is -2.72. The highest BCUT2D eigenvalue weighted by atomic mass is 35.5. The molecule has 0 saturated heterocycles. The second-order valence-electron chi connectivity index (χ2n) is 6.48. The Morgan fingerprint density at radius 3 is 2.31 bits per heavy atom. The summed E-state index contributed by atoms with van der Waals surface area (Å²) in [5.41, 5.74) is 8.23. The Kier molecular flexibility index (Phi) is 5.13. The zero-order valence-electron chi connectivity index (χ0n) is 15.2. The smallest absolute Gasteiger partial charge is 0.192 e. The molecule has 0 radical (unpaired) electrons. The molecule has 1 unspecified atom stereocenters. The molecule has 144 valence electrons. The normalized spacial score (nSPS) is 18.5. The van der Waals surface area contributed by atoms with E-state index in [9.17, 15) is 10.1 Å². The molecule has 8 heteroatoms. The minimum absolute atomic E-state index is 0.209. The summed E-state index contributed by atoms with van der Waals surface area (Å²) >= 11 is 13.4. The lowest BCUT2D eigenvalue weighted by molar-refractivity contribution is 0.102. The minimum Gasteiger partial charge on any atom is -0.383 e. The predicted octanol–water partition coefficient (Wildman–Crippen LogP) is 5.26. The Labute approximate surface area is 182 Å². The summed E-state index contributed by atoms with van der Waals surface area (Å²) < 4.78 is 0. The Bertz CT molecular complexity index is 1140. The summed E-state index contributed by atoms with van der Waals surface area (Å²) in [5, 5.41) is 18.2. The van der Waals surface area contributed by atoms with E-state index in [-0.39, 0.29) is 17.2 Å². The highest BCUT2D eigenvalue weighted by molar-refractivity contribution is 8.17. The zero-order valence-corrected chi connectivity index (χ0v) is 17.5. The number of nitriles is 1. The number of benzene rings is 2. The van der Waals surface area contributed by atoms with Crippen LogP contribution in [0.4, 0.5) is 0 Å². The van der Waals surface area contributed by atoms with Gasteiger partial charge in [0.05, 0.1) is 22.6 Å². The third-order valence-corrected chi connectivity index (χ3v) is 6.13. The number of thioether (sulfide) groups is 1. The van der Waals surface area contributed by atoms with Gasteiger partial charge in [0.15, 0.2) is 5.78 Å². The third-order valence-electron chi connectivity index (χ3n) is 4.66.